The highest BCUT2D eigenvalue weighted by molar-refractivity contribution is 7.89. The van der Waals surface area contributed by atoms with Crippen LogP contribution in [-0.2, 0) is 14.8 Å². The fraction of sp³-hybridized carbons (Fsp3) is 0.480. The third-order valence-electron chi connectivity index (χ3n) is 7.12. The van der Waals surface area contributed by atoms with Crippen molar-refractivity contribution in [2.45, 2.75) is 35.8 Å². The summed E-state index contributed by atoms with van der Waals surface area (Å²) in [5.41, 5.74) is 1.13. The summed E-state index contributed by atoms with van der Waals surface area (Å²) in [5.74, 6) is 0.607. The van der Waals surface area contributed by atoms with E-state index in [1.54, 1.807) is 12.1 Å². The van der Waals surface area contributed by atoms with E-state index in [9.17, 15) is 13.2 Å². The number of likely N-dealkylation sites (tertiary alicyclic amines) is 1. The highest BCUT2D eigenvalue weighted by Crippen LogP contribution is 2.44. The molecule has 3 heterocycles. The van der Waals surface area contributed by atoms with E-state index in [0.29, 0.717) is 38.3 Å². The van der Waals surface area contributed by atoms with E-state index in [1.807, 2.05) is 24.3 Å². The monoisotopic (exact) mass is 485 g/mol. The van der Waals surface area contributed by atoms with Gasteiger partial charge in [0.2, 0.25) is 10.0 Å². The van der Waals surface area contributed by atoms with Crippen LogP contribution in [0.3, 0.4) is 0 Å². The number of carbonyl (C=O) groups is 1. The molecule has 1 N–H and O–H groups in total. The van der Waals surface area contributed by atoms with Crippen LogP contribution in [0.25, 0.3) is 0 Å². The van der Waals surface area contributed by atoms with Crippen LogP contribution in [0.5, 0.6) is 5.75 Å². The fourth-order valence-corrected chi connectivity index (χ4v) is 6.44. The van der Waals surface area contributed by atoms with Crippen LogP contribution in [0.4, 0.5) is 0 Å². The second-order valence-electron chi connectivity index (χ2n) is 9.40. The molecule has 1 amide bonds. The molecular weight excluding hydrogens is 454 g/mol. The number of para-hydroxylation sites is 1. The zero-order chi connectivity index (χ0) is 23.8. The summed E-state index contributed by atoms with van der Waals surface area (Å²) in [6.45, 7) is 3.38. The van der Waals surface area contributed by atoms with Gasteiger partial charge in [0.05, 0.1) is 24.2 Å². The molecule has 1 unspecified atom stereocenters. The number of amides is 1. The van der Waals surface area contributed by atoms with Crippen molar-refractivity contribution in [2.24, 2.45) is 0 Å². The highest BCUT2D eigenvalue weighted by atomic mass is 32.2. The molecule has 34 heavy (non-hydrogen) atoms. The van der Waals surface area contributed by atoms with Crippen LogP contribution >= 0.6 is 0 Å². The second-order valence-corrected chi connectivity index (χ2v) is 11.3. The number of sulfonamides is 1. The number of hydrogen-bond acceptors (Lipinski definition) is 6. The SMILES string of the molecule is CN1CCC2(CC1)CC(NC(=O)c1ccc(S(=O)(=O)N3CCOCC3)cc1)c1ccccc1O2. The Morgan fingerprint density at radius 1 is 1.00 bits per heavy atom. The normalized spacial score (nSPS) is 23.1. The molecule has 3 aliphatic heterocycles. The summed E-state index contributed by atoms with van der Waals surface area (Å²) in [6.07, 6.45) is 2.55. The molecule has 2 aromatic carbocycles. The fourth-order valence-electron chi connectivity index (χ4n) is 5.04. The molecule has 0 radical (unpaired) electrons. The van der Waals surface area contributed by atoms with Crippen LogP contribution < -0.4 is 10.1 Å². The third-order valence-corrected chi connectivity index (χ3v) is 9.04. The third kappa shape index (κ3) is 4.57. The number of nitrogens with one attached hydrogen (secondary N) is 1. The Hall–Kier alpha value is -2.46. The zero-order valence-electron chi connectivity index (χ0n) is 19.4. The summed E-state index contributed by atoms with van der Waals surface area (Å²) in [7, 11) is -1.48. The topological polar surface area (TPSA) is 88.2 Å². The van der Waals surface area contributed by atoms with Gasteiger partial charge in [-0.1, -0.05) is 18.2 Å². The lowest BCUT2D eigenvalue weighted by Gasteiger charge is -2.46. The van der Waals surface area contributed by atoms with E-state index < -0.39 is 10.0 Å². The predicted octanol–water partition coefficient (Wildman–Crippen LogP) is 2.43. The van der Waals surface area contributed by atoms with E-state index in [4.69, 9.17) is 9.47 Å². The number of hydrogen-bond donors (Lipinski definition) is 1. The Balaban J connectivity index is 1.33. The maximum Gasteiger partial charge on any atom is 0.251 e. The van der Waals surface area contributed by atoms with Gasteiger partial charge in [-0.05, 0) is 50.2 Å². The first-order valence-corrected chi connectivity index (χ1v) is 13.3. The van der Waals surface area contributed by atoms with Gasteiger partial charge in [0.1, 0.15) is 11.4 Å². The smallest absolute Gasteiger partial charge is 0.251 e. The molecular formula is C25H31N3O5S. The minimum atomic E-state index is -3.59. The lowest BCUT2D eigenvalue weighted by Crippen LogP contribution is -2.51. The van der Waals surface area contributed by atoms with Gasteiger partial charge in [-0.3, -0.25) is 4.79 Å². The molecule has 9 heteroatoms. The van der Waals surface area contributed by atoms with E-state index in [2.05, 4.69) is 17.3 Å². The van der Waals surface area contributed by atoms with Crippen molar-refractivity contribution in [2.75, 3.05) is 46.4 Å². The van der Waals surface area contributed by atoms with Gasteiger partial charge < -0.3 is 19.7 Å². The minimum Gasteiger partial charge on any atom is -0.487 e. The molecule has 3 aliphatic rings. The maximum absolute atomic E-state index is 13.2. The second kappa shape index (κ2) is 9.30. The lowest BCUT2D eigenvalue weighted by atomic mass is 9.80. The van der Waals surface area contributed by atoms with Crippen molar-refractivity contribution >= 4 is 15.9 Å². The van der Waals surface area contributed by atoms with Gasteiger partial charge in [-0.2, -0.15) is 4.31 Å². The molecule has 1 atom stereocenters. The van der Waals surface area contributed by atoms with E-state index in [-0.39, 0.29) is 22.4 Å². The number of carbonyl (C=O) groups excluding carboxylic acids is 1. The number of fused-ring (bicyclic) bond motifs is 1. The van der Waals surface area contributed by atoms with Crippen molar-refractivity contribution in [1.29, 1.82) is 0 Å². The maximum atomic E-state index is 13.2. The Bertz CT molecular complexity index is 1140. The molecule has 8 nitrogen and oxygen atoms in total. The molecule has 2 fully saturated rings. The van der Waals surface area contributed by atoms with E-state index >= 15 is 0 Å². The first-order chi connectivity index (χ1) is 16.4. The molecule has 1 spiro atoms. The van der Waals surface area contributed by atoms with Crippen molar-refractivity contribution in [3.05, 3.63) is 59.7 Å². The van der Waals surface area contributed by atoms with Crippen LogP contribution in [0, 0.1) is 0 Å². The van der Waals surface area contributed by atoms with Crippen LogP contribution in [0.1, 0.15) is 41.2 Å². The Morgan fingerprint density at radius 2 is 1.68 bits per heavy atom. The van der Waals surface area contributed by atoms with Crippen LogP contribution in [-0.4, -0.2) is 75.6 Å². The number of ether oxygens (including phenoxy) is 2. The average molecular weight is 486 g/mol. The molecule has 0 saturated carbocycles. The number of nitrogens with zero attached hydrogens (tertiary/aromatic N) is 2. The molecule has 0 aromatic heterocycles. The van der Waals surface area contributed by atoms with E-state index in [0.717, 1.165) is 37.2 Å². The molecule has 0 bridgehead atoms. The van der Waals surface area contributed by atoms with Crippen LogP contribution in [0.2, 0.25) is 0 Å². The molecule has 0 aliphatic carbocycles. The Morgan fingerprint density at radius 3 is 2.38 bits per heavy atom. The molecule has 5 rings (SSSR count). The van der Waals surface area contributed by atoms with Crippen molar-refractivity contribution < 1.29 is 22.7 Å². The van der Waals surface area contributed by atoms with Crippen molar-refractivity contribution in [3.63, 3.8) is 0 Å². The first kappa shape index (κ1) is 23.3. The number of benzene rings is 2. The number of rotatable bonds is 4. The van der Waals surface area contributed by atoms with E-state index in [1.165, 1.54) is 16.4 Å². The van der Waals surface area contributed by atoms with Crippen molar-refractivity contribution in [3.8, 4) is 5.75 Å². The Labute approximate surface area is 200 Å². The quantitative estimate of drug-likeness (QED) is 0.716. The average Bonchev–Trinajstić information content (AvgIpc) is 2.86. The molecule has 2 saturated heterocycles. The largest absolute Gasteiger partial charge is 0.487 e. The summed E-state index contributed by atoms with van der Waals surface area (Å²) >= 11 is 0. The summed E-state index contributed by atoms with van der Waals surface area (Å²) < 4.78 is 38.9. The van der Waals surface area contributed by atoms with Crippen LogP contribution in [0.15, 0.2) is 53.4 Å². The summed E-state index contributed by atoms with van der Waals surface area (Å²) in [5, 5.41) is 3.19. The number of morpholine rings is 1. The van der Waals surface area contributed by atoms with Crippen molar-refractivity contribution in [1.82, 2.24) is 14.5 Å². The summed E-state index contributed by atoms with van der Waals surface area (Å²) in [4.78, 5) is 15.7. The highest BCUT2D eigenvalue weighted by Gasteiger charge is 2.43. The van der Waals surface area contributed by atoms with Gasteiger partial charge in [-0.15, -0.1) is 0 Å². The Kier molecular flexibility index (Phi) is 6.37. The minimum absolute atomic E-state index is 0.169. The predicted molar refractivity (Wildman–Crippen MR) is 127 cm³/mol. The van der Waals surface area contributed by atoms with Gasteiger partial charge in [0.15, 0.2) is 0 Å². The molecule has 2 aromatic rings. The lowest BCUT2D eigenvalue weighted by molar-refractivity contribution is -0.0195. The molecule has 182 valence electrons. The number of piperidine rings is 1. The standard InChI is InChI=1S/C25H31N3O5S/c1-27-12-10-25(11-13-27)18-22(21-4-2-3-5-23(21)33-25)26-24(29)19-6-8-20(9-7-19)34(30,31)28-14-16-32-17-15-28/h2-9,22H,10-18H2,1H3,(H,26,29). The van der Waals surface area contributed by atoms with Gasteiger partial charge >= 0.3 is 0 Å². The first-order valence-electron chi connectivity index (χ1n) is 11.8. The van der Waals surface area contributed by atoms with Gasteiger partial charge in [0.25, 0.3) is 5.91 Å². The van der Waals surface area contributed by atoms with Gasteiger partial charge in [0, 0.05) is 43.7 Å². The summed E-state index contributed by atoms with van der Waals surface area (Å²) in [6, 6.07) is 13.9. The zero-order valence-corrected chi connectivity index (χ0v) is 20.2. The van der Waals surface area contributed by atoms with Gasteiger partial charge in [-0.25, -0.2) is 8.42 Å².